The molecule has 182 valence electrons. The van der Waals surface area contributed by atoms with Crippen molar-refractivity contribution in [2.24, 2.45) is 0 Å². The van der Waals surface area contributed by atoms with E-state index in [0.717, 1.165) is 0 Å². The van der Waals surface area contributed by atoms with Crippen LogP contribution in [0.5, 0.6) is 0 Å². The topological polar surface area (TPSA) is 51.8 Å². The molecule has 2 aromatic heterocycles. The van der Waals surface area contributed by atoms with Crippen LogP contribution in [-0.4, -0.2) is 15.0 Å². The number of para-hydroxylation sites is 1. The standard InChI is InChI=1S/C35H21N3O/c1-3-11-22(12-4-1)33-36-34(23-13-5-2-6-14-23)38-35(37-33)24-19-20-26-25-15-7-8-16-27(25)32-31(29(26)21-24)28-17-9-10-18-30(28)39-32/h1-21H/i7D,8D,9D,10D,15D,16D,17D,18D,19D,20D,21D. The average molecular weight is 511 g/mol. The molecule has 0 aliphatic heterocycles. The molecule has 0 spiro atoms. The molecule has 0 bridgehead atoms. The van der Waals surface area contributed by atoms with E-state index in [0.29, 0.717) is 11.1 Å². The van der Waals surface area contributed by atoms with Gasteiger partial charge in [0.1, 0.15) is 11.2 Å². The van der Waals surface area contributed by atoms with Crippen LogP contribution in [0, 0.1) is 0 Å². The van der Waals surface area contributed by atoms with Gasteiger partial charge < -0.3 is 4.42 Å². The normalized spacial score (nSPS) is 15.5. The van der Waals surface area contributed by atoms with Crippen LogP contribution in [0.25, 0.3) is 77.6 Å². The summed E-state index contributed by atoms with van der Waals surface area (Å²) in [5.41, 5.74) is 0.575. The lowest BCUT2D eigenvalue weighted by molar-refractivity contribution is 0.673. The molecule has 0 aliphatic carbocycles. The monoisotopic (exact) mass is 510 g/mol. The Morgan fingerprint density at radius 2 is 1.03 bits per heavy atom. The number of furan rings is 1. The molecule has 39 heavy (non-hydrogen) atoms. The van der Waals surface area contributed by atoms with Gasteiger partial charge in [-0.05, 0) is 28.2 Å². The van der Waals surface area contributed by atoms with Gasteiger partial charge in [-0.3, -0.25) is 0 Å². The lowest BCUT2D eigenvalue weighted by Crippen LogP contribution is -2.00. The summed E-state index contributed by atoms with van der Waals surface area (Å²) in [6.07, 6.45) is 0. The van der Waals surface area contributed by atoms with Crippen LogP contribution in [0.2, 0.25) is 0 Å². The Kier molecular flexibility index (Phi) is 2.97. The van der Waals surface area contributed by atoms with Gasteiger partial charge in [0.05, 0.1) is 15.1 Å². The smallest absolute Gasteiger partial charge is 0.164 e. The van der Waals surface area contributed by atoms with E-state index in [2.05, 4.69) is 15.0 Å². The molecule has 0 atom stereocenters. The van der Waals surface area contributed by atoms with Crippen molar-refractivity contribution in [2.75, 3.05) is 0 Å². The third kappa shape index (κ3) is 3.50. The zero-order chi connectivity index (χ0) is 35.3. The molecule has 0 saturated heterocycles. The molecule has 0 saturated carbocycles. The summed E-state index contributed by atoms with van der Waals surface area (Å²) in [6, 6.07) is 12.2. The second-order valence-electron chi connectivity index (χ2n) is 8.80. The summed E-state index contributed by atoms with van der Waals surface area (Å²) in [7, 11) is 0. The fourth-order valence-corrected chi connectivity index (χ4v) is 4.72. The molecule has 4 heteroatoms. The predicted molar refractivity (Wildman–Crippen MR) is 158 cm³/mol. The highest BCUT2D eigenvalue weighted by atomic mass is 16.3. The Morgan fingerprint density at radius 1 is 0.487 bits per heavy atom. The van der Waals surface area contributed by atoms with Gasteiger partial charge in [-0.1, -0.05) is 115 Å². The Morgan fingerprint density at radius 3 is 1.69 bits per heavy atom. The maximum Gasteiger partial charge on any atom is 0.164 e. The molecular formula is C35H21N3O. The van der Waals surface area contributed by atoms with E-state index in [1.165, 1.54) is 0 Å². The number of benzene rings is 6. The van der Waals surface area contributed by atoms with E-state index in [-0.39, 0.29) is 66.5 Å². The van der Waals surface area contributed by atoms with Crippen LogP contribution in [0.3, 0.4) is 0 Å². The van der Waals surface area contributed by atoms with Crippen molar-refractivity contribution < 1.29 is 19.5 Å². The minimum Gasteiger partial charge on any atom is -0.455 e. The third-order valence-electron chi connectivity index (χ3n) is 6.48. The quantitative estimate of drug-likeness (QED) is 0.222. The molecule has 0 amide bonds. The number of aromatic nitrogens is 3. The molecule has 0 aliphatic rings. The summed E-state index contributed by atoms with van der Waals surface area (Å²) >= 11 is 0. The van der Waals surface area contributed by atoms with Crippen molar-refractivity contribution >= 4 is 43.5 Å². The molecule has 8 aromatic rings. The van der Waals surface area contributed by atoms with Gasteiger partial charge in [-0.2, -0.15) is 0 Å². The number of hydrogen-bond donors (Lipinski definition) is 0. The summed E-state index contributed by atoms with van der Waals surface area (Å²) in [5.74, 6) is 0.363. The zero-order valence-electron chi connectivity index (χ0n) is 31.0. The van der Waals surface area contributed by atoms with Crippen molar-refractivity contribution in [2.45, 2.75) is 0 Å². The van der Waals surface area contributed by atoms with E-state index < -0.39 is 66.5 Å². The first-order valence-electron chi connectivity index (χ1n) is 17.6. The molecule has 0 radical (unpaired) electrons. The Balaban J connectivity index is 1.63. The van der Waals surface area contributed by atoms with Gasteiger partial charge in [0.25, 0.3) is 0 Å². The van der Waals surface area contributed by atoms with E-state index in [1.807, 2.05) is 12.1 Å². The van der Waals surface area contributed by atoms with Crippen LogP contribution in [0.4, 0.5) is 0 Å². The van der Waals surface area contributed by atoms with Crippen LogP contribution >= 0.6 is 0 Å². The highest BCUT2D eigenvalue weighted by Crippen LogP contribution is 2.41. The zero-order valence-corrected chi connectivity index (χ0v) is 20.0. The summed E-state index contributed by atoms with van der Waals surface area (Å²) in [5, 5.41) is -0.830. The summed E-state index contributed by atoms with van der Waals surface area (Å²) < 4.78 is 103. The largest absolute Gasteiger partial charge is 0.455 e. The fraction of sp³-hybridized carbons (Fsp3) is 0. The minimum absolute atomic E-state index is 0.0556. The van der Waals surface area contributed by atoms with E-state index in [1.54, 1.807) is 48.5 Å². The van der Waals surface area contributed by atoms with Crippen LogP contribution in [0.15, 0.2) is 132 Å². The second kappa shape index (κ2) is 8.61. The highest BCUT2D eigenvalue weighted by Gasteiger charge is 2.18. The fourth-order valence-electron chi connectivity index (χ4n) is 4.72. The van der Waals surface area contributed by atoms with Gasteiger partial charge >= 0.3 is 0 Å². The van der Waals surface area contributed by atoms with E-state index in [9.17, 15) is 4.11 Å². The van der Waals surface area contributed by atoms with Crippen molar-refractivity contribution in [1.29, 1.82) is 0 Å². The lowest BCUT2D eigenvalue weighted by atomic mass is 9.95. The molecule has 2 heterocycles. The molecular weight excluding hydrogens is 478 g/mol. The molecule has 4 nitrogen and oxygen atoms in total. The van der Waals surface area contributed by atoms with Gasteiger partial charge in [-0.15, -0.1) is 0 Å². The number of fused-ring (bicyclic) bond motifs is 8. The van der Waals surface area contributed by atoms with Gasteiger partial charge in [0.2, 0.25) is 0 Å². The molecule has 0 fully saturated rings. The maximum absolute atomic E-state index is 9.65. The third-order valence-corrected chi connectivity index (χ3v) is 6.48. The van der Waals surface area contributed by atoms with Gasteiger partial charge in [-0.25, -0.2) is 15.0 Å². The Bertz CT molecular complexity index is 2710. The minimum atomic E-state index is -0.609. The van der Waals surface area contributed by atoms with Crippen molar-refractivity contribution in [3.8, 4) is 34.2 Å². The molecule has 0 N–H and O–H groups in total. The average Bonchev–Trinajstić information content (AvgIpc) is 3.54. The number of rotatable bonds is 3. The molecule has 8 rings (SSSR count). The Hall–Kier alpha value is -5.35. The van der Waals surface area contributed by atoms with Crippen LogP contribution < -0.4 is 0 Å². The van der Waals surface area contributed by atoms with Gasteiger partial charge in [0, 0.05) is 32.8 Å². The lowest BCUT2D eigenvalue weighted by Gasteiger charge is -2.11. The number of nitrogens with zero attached hydrogens (tertiary/aromatic N) is 3. The van der Waals surface area contributed by atoms with Crippen LogP contribution in [0.1, 0.15) is 15.1 Å². The molecule has 6 aromatic carbocycles. The highest BCUT2D eigenvalue weighted by molar-refractivity contribution is 6.30. The van der Waals surface area contributed by atoms with E-state index >= 15 is 0 Å². The summed E-state index contributed by atoms with van der Waals surface area (Å²) in [6.45, 7) is 0. The second-order valence-corrected chi connectivity index (χ2v) is 8.80. The first-order valence-corrected chi connectivity index (χ1v) is 12.1. The maximum atomic E-state index is 9.65. The predicted octanol–water partition coefficient (Wildman–Crippen LogP) is 9.08. The van der Waals surface area contributed by atoms with Crippen molar-refractivity contribution in [3.63, 3.8) is 0 Å². The number of hydrogen-bond acceptors (Lipinski definition) is 4. The first kappa shape index (κ1) is 13.4. The van der Waals surface area contributed by atoms with Crippen LogP contribution in [-0.2, 0) is 0 Å². The first-order chi connectivity index (χ1) is 23.9. The van der Waals surface area contributed by atoms with Crippen molar-refractivity contribution in [1.82, 2.24) is 15.0 Å². The SMILES string of the molecule is [2H]c1c([2H])c([2H])c2c(oc3c4c([2H])c([2H])c([2H])c([2H])c4c4c([2H])c([2H])c(-c5nc(-c6ccccc6)nc(-c6ccccc6)n5)c([2H])c4c32)c1[2H]. The van der Waals surface area contributed by atoms with Gasteiger partial charge in [0.15, 0.2) is 17.5 Å². The summed E-state index contributed by atoms with van der Waals surface area (Å²) in [4.78, 5) is 14.0. The van der Waals surface area contributed by atoms with Crippen molar-refractivity contribution in [3.05, 3.63) is 127 Å². The molecule has 0 unspecified atom stereocenters. The Labute approximate surface area is 239 Å². The van der Waals surface area contributed by atoms with E-state index in [4.69, 9.17) is 15.4 Å².